The predicted molar refractivity (Wildman–Crippen MR) is 70.4 cm³/mol. The van der Waals surface area contributed by atoms with Gasteiger partial charge >= 0.3 is 0 Å². The molecule has 1 aromatic rings. The minimum absolute atomic E-state index is 0.728. The summed E-state index contributed by atoms with van der Waals surface area (Å²) in [5.41, 5.74) is 4.18. The van der Waals surface area contributed by atoms with Crippen molar-refractivity contribution in [2.24, 2.45) is 0 Å². The van der Waals surface area contributed by atoms with Crippen molar-refractivity contribution >= 4 is 0 Å². The molecule has 0 amide bonds. The predicted octanol–water partition coefficient (Wildman–Crippen LogP) is 1.79. The highest BCUT2D eigenvalue weighted by atomic mass is 16.5. The van der Waals surface area contributed by atoms with Crippen LogP contribution in [0.1, 0.15) is 23.6 Å². The Kier molecular flexibility index (Phi) is 4.02. The molecule has 2 rings (SSSR count). The van der Waals surface area contributed by atoms with E-state index in [1.807, 2.05) is 14.0 Å². The van der Waals surface area contributed by atoms with Gasteiger partial charge in [0.15, 0.2) is 0 Å². The molecule has 0 unspecified atom stereocenters. The highest BCUT2D eigenvalue weighted by molar-refractivity contribution is 5.44. The zero-order chi connectivity index (χ0) is 12.3. The van der Waals surface area contributed by atoms with Crippen LogP contribution in [-0.4, -0.2) is 32.1 Å². The van der Waals surface area contributed by atoms with Gasteiger partial charge in [-0.2, -0.15) is 0 Å². The van der Waals surface area contributed by atoms with Gasteiger partial charge in [-0.05, 0) is 44.6 Å². The van der Waals surface area contributed by atoms with Gasteiger partial charge in [0.25, 0.3) is 0 Å². The van der Waals surface area contributed by atoms with Crippen LogP contribution in [0.5, 0.6) is 5.75 Å². The molecule has 3 nitrogen and oxygen atoms in total. The number of nitrogens with one attached hydrogen (secondary N) is 1. The average molecular weight is 234 g/mol. The third-order valence-electron chi connectivity index (χ3n) is 3.25. The Hall–Kier alpha value is -1.06. The van der Waals surface area contributed by atoms with E-state index in [4.69, 9.17) is 4.74 Å². The van der Waals surface area contributed by atoms with Crippen molar-refractivity contribution < 1.29 is 4.74 Å². The molecule has 0 spiro atoms. The van der Waals surface area contributed by atoms with Gasteiger partial charge in [0.05, 0.1) is 6.61 Å². The number of hydrogen-bond donors (Lipinski definition) is 1. The van der Waals surface area contributed by atoms with Gasteiger partial charge in [-0.15, -0.1) is 0 Å². The molecule has 0 radical (unpaired) electrons. The van der Waals surface area contributed by atoms with E-state index in [2.05, 4.69) is 29.4 Å². The van der Waals surface area contributed by atoms with Gasteiger partial charge in [0, 0.05) is 25.2 Å². The number of likely N-dealkylation sites (N-methyl/N-ethyl adjacent to an activating group) is 1. The first-order valence-corrected chi connectivity index (χ1v) is 6.35. The second kappa shape index (κ2) is 5.52. The molecule has 0 atom stereocenters. The lowest BCUT2D eigenvalue weighted by Crippen LogP contribution is -2.27. The Labute approximate surface area is 104 Å². The summed E-state index contributed by atoms with van der Waals surface area (Å²) < 4.78 is 5.73. The Morgan fingerprint density at radius 1 is 1.35 bits per heavy atom. The Balaban J connectivity index is 2.33. The molecule has 0 bridgehead atoms. The molecule has 0 aromatic heterocycles. The van der Waals surface area contributed by atoms with Crippen molar-refractivity contribution in [3.05, 3.63) is 28.8 Å². The average Bonchev–Trinajstić information content (AvgIpc) is 2.31. The lowest BCUT2D eigenvalue weighted by atomic mass is 9.96. The first kappa shape index (κ1) is 12.4. The third kappa shape index (κ3) is 2.79. The highest BCUT2D eigenvalue weighted by Gasteiger charge is 2.16. The first-order valence-electron chi connectivity index (χ1n) is 6.35. The van der Waals surface area contributed by atoms with Crippen molar-refractivity contribution in [2.75, 3.05) is 27.2 Å². The van der Waals surface area contributed by atoms with Gasteiger partial charge in [-0.1, -0.05) is 6.07 Å². The van der Waals surface area contributed by atoms with Crippen molar-refractivity contribution in [1.29, 1.82) is 0 Å². The number of nitrogens with zero attached hydrogens (tertiary/aromatic N) is 1. The van der Waals surface area contributed by atoms with Crippen LogP contribution in [0.15, 0.2) is 12.1 Å². The molecule has 1 aromatic carbocycles. The van der Waals surface area contributed by atoms with Crippen LogP contribution in [0.3, 0.4) is 0 Å². The molecule has 0 fully saturated rings. The second-order valence-electron chi connectivity index (χ2n) is 4.68. The molecule has 1 heterocycles. The molecule has 94 valence electrons. The SMILES string of the molecule is CCOc1cc2c(cc1CNC)CCN(C)C2. The van der Waals surface area contributed by atoms with E-state index in [9.17, 15) is 0 Å². The molecule has 1 N–H and O–H groups in total. The van der Waals surface area contributed by atoms with Gasteiger partial charge in [-0.25, -0.2) is 0 Å². The van der Waals surface area contributed by atoms with Gasteiger partial charge in [0.2, 0.25) is 0 Å². The largest absolute Gasteiger partial charge is 0.494 e. The van der Waals surface area contributed by atoms with Crippen LogP contribution in [0.25, 0.3) is 0 Å². The summed E-state index contributed by atoms with van der Waals surface area (Å²) in [6.45, 7) is 5.83. The van der Waals surface area contributed by atoms with E-state index >= 15 is 0 Å². The number of rotatable bonds is 4. The van der Waals surface area contributed by atoms with E-state index in [1.165, 1.54) is 16.7 Å². The number of hydrogen-bond acceptors (Lipinski definition) is 3. The summed E-state index contributed by atoms with van der Waals surface area (Å²) in [6.07, 6.45) is 1.15. The highest BCUT2D eigenvalue weighted by Crippen LogP contribution is 2.27. The maximum absolute atomic E-state index is 5.73. The molecule has 0 aliphatic carbocycles. The quantitative estimate of drug-likeness (QED) is 0.859. The lowest BCUT2D eigenvalue weighted by Gasteiger charge is -2.26. The summed E-state index contributed by atoms with van der Waals surface area (Å²) in [5.74, 6) is 1.04. The zero-order valence-electron chi connectivity index (χ0n) is 11.0. The van der Waals surface area contributed by atoms with Gasteiger partial charge in [0.1, 0.15) is 5.75 Å². The fourth-order valence-electron chi connectivity index (χ4n) is 2.40. The van der Waals surface area contributed by atoms with Crippen LogP contribution in [0.4, 0.5) is 0 Å². The Bertz CT molecular complexity index is 390. The molecule has 1 aliphatic rings. The lowest BCUT2D eigenvalue weighted by molar-refractivity contribution is 0.307. The first-order chi connectivity index (χ1) is 8.24. The summed E-state index contributed by atoms with van der Waals surface area (Å²) in [6, 6.07) is 4.53. The van der Waals surface area contributed by atoms with Crippen LogP contribution in [0.2, 0.25) is 0 Å². The fraction of sp³-hybridized carbons (Fsp3) is 0.571. The molecule has 0 saturated carbocycles. The maximum atomic E-state index is 5.73. The molecule has 17 heavy (non-hydrogen) atoms. The van der Waals surface area contributed by atoms with Crippen LogP contribution in [-0.2, 0) is 19.5 Å². The minimum Gasteiger partial charge on any atom is -0.494 e. The van der Waals surface area contributed by atoms with Crippen LogP contribution >= 0.6 is 0 Å². The van der Waals surface area contributed by atoms with Crippen molar-refractivity contribution in [1.82, 2.24) is 10.2 Å². The van der Waals surface area contributed by atoms with Crippen LogP contribution < -0.4 is 10.1 Å². The second-order valence-corrected chi connectivity index (χ2v) is 4.68. The standard InChI is InChI=1S/C14H22N2O/c1-4-17-14-8-13-10-16(3)6-5-11(13)7-12(14)9-15-2/h7-8,15H,4-6,9-10H2,1-3H3. The third-order valence-corrected chi connectivity index (χ3v) is 3.25. The maximum Gasteiger partial charge on any atom is 0.124 e. The van der Waals surface area contributed by atoms with Crippen molar-refractivity contribution in [3.8, 4) is 5.75 Å². The molecule has 1 aliphatic heterocycles. The normalized spacial score (nSPS) is 15.7. The summed E-state index contributed by atoms with van der Waals surface area (Å²) >= 11 is 0. The summed E-state index contributed by atoms with van der Waals surface area (Å²) in [7, 11) is 4.15. The fourth-order valence-corrected chi connectivity index (χ4v) is 2.40. The van der Waals surface area contributed by atoms with E-state index < -0.39 is 0 Å². The van der Waals surface area contributed by atoms with E-state index in [0.29, 0.717) is 0 Å². The van der Waals surface area contributed by atoms with Crippen molar-refractivity contribution in [2.45, 2.75) is 26.4 Å². The number of ether oxygens (including phenoxy) is 1. The van der Waals surface area contributed by atoms with Gasteiger partial charge in [-0.3, -0.25) is 0 Å². The molecular weight excluding hydrogens is 212 g/mol. The monoisotopic (exact) mass is 234 g/mol. The zero-order valence-corrected chi connectivity index (χ0v) is 11.0. The van der Waals surface area contributed by atoms with Crippen LogP contribution in [0, 0.1) is 0 Å². The van der Waals surface area contributed by atoms with E-state index in [1.54, 1.807) is 0 Å². The Morgan fingerprint density at radius 2 is 2.18 bits per heavy atom. The Morgan fingerprint density at radius 3 is 2.88 bits per heavy atom. The summed E-state index contributed by atoms with van der Waals surface area (Å²) in [4.78, 5) is 2.36. The van der Waals surface area contributed by atoms with E-state index in [0.717, 1.165) is 38.4 Å². The topological polar surface area (TPSA) is 24.5 Å². The molecule has 0 saturated heterocycles. The summed E-state index contributed by atoms with van der Waals surface area (Å²) in [5, 5.41) is 3.21. The number of benzene rings is 1. The van der Waals surface area contributed by atoms with Gasteiger partial charge < -0.3 is 15.0 Å². The molecule has 3 heteroatoms. The minimum atomic E-state index is 0.728. The number of fused-ring (bicyclic) bond motifs is 1. The molecular formula is C14H22N2O. The van der Waals surface area contributed by atoms with Crippen molar-refractivity contribution in [3.63, 3.8) is 0 Å². The smallest absolute Gasteiger partial charge is 0.124 e. The van der Waals surface area contributed by atoms with E-state index in [-0.39, 0.29) is 0 Å².